The van der Waals surface area contributed by atoms with Crippen molar-refractivity contribution in [1.29, 1.82) is 0 Å². The molecular formula is C26H37N5O. The number of aryl methyl sites for hydroxylation is 2. The number of benzene rings is 1. The number of pyridine rings is 1. The van der Waals surface area contributed by atoms with Gasteiger partial charge in [-0.15, -0.1) is 0 Å². The maximum atomic E-state index is 12.7. The van der Waals surface area contributed by atoms with Gasteiger partial charge >= 0.3 is 0 Å². The third-order valence-corrected chi connectivity index (χ3v) is 6.85. The SMILES string of the molecule is Cc1ccc(C)c(N2CCN(CCCNC(=O)C3CCCN(c4ccncc4)C3)CC2)c1. The van der Waals surface area contributed by atoms with Crippen LogP contribution >= 0.6 is 0 Å². The molecule has 32 heavy (non-hydrogen) atoms. The number of carbonyl (C=O) groups is 1. The molecule has 0 aliphatic carbocycles. The molecule has 0 saturated carbocycles. The first-order valence-electron chi connectivity index (χ1n) is 12.1. The van der Waals surface area contributed by atoms with Crippen LogP contribution in [-0.2, 0) is 4.79 Å². The van der Waals surface area contributed by atoms with Crippen LogP contribution < -0.4 is 15.1 Å². The molecule has 2 saturated heterocycles. The summed E-state index contributed by atoms with van der Waals surface area (Å²) in [6.07, 6.45) is 6.69. The Morgan fingerprint density at radius 1 is 1.03 bits per heavy atom. The van der Waals surface area contributed by atoms with Gasteiger partial charge in [0.1, 0.15) is 0 Å². The number of rotatable bonds is 7. The lowest BCUT2D eigenvalue weighted by Crippen LogP contribution is -2.47. The molecule has 0 bridgehead atoms. The van der Waals surface area contributed by atoms with E-state index >= 15 is 0 Å². The largest absolute Gasteiger partial charge is 0.371 e. The van der Waals surface area contributed by atoms with Gasteiger partial charge in [0.2, 0.25) is 5.91 Å². The molecule has 4 rings (SSSR count). The van der Waals surface area contributed by atoms with Crippen molar-refractivity contribution in [3.05, 3.63) is 53.9 Å². The molecule has 1 amide bonds. The predicted molar refractivity (Wildman–Crippen MR) is 131 cm³/mol. The Kier molecular flexibility index (Phi) is 7.63. The molecule has 2 aromatic rings. The van der Waals surface area contributed by atoms with Crippen molar-refractivity contribution in [2.24, 2.45) is 5.92 Å². The van der Waals surface area contributed by atoms with Crippen molar-refractivity contribution in [3.63, 3.8) is 0 Å². The van der Waals surface area contributed by atoms with Crippen LogP contribution in [0.1, 0.15) is 30.4 Å². The summed E-state index contributed by atoms with van der Waals surface area (Å²) in [5.74, 6) is 0.293. The molecule has 2 aliphatic rings. The number of nitrogens with one attached hydrogen (secondary N) is 1. The number of piperazine rings is 1. The van der Waals surface area contributed by atoms with Crippen LogP contribution in [0.4, 0.5) is 11.4 Å². The number of hydrogen-bond donors (Lipinski definition) is 1. The van der Waals surface area contributed by atoms with Gasteiger partial charge in [-0.05, 0) is 69.0 Å². The average molecular weight is 436 g/mol. The number of aromatic nitrogens is 1. The minimum Gasteiger partial charge on any atom is -0.371 e. The summed E-state index contributed by atoms with van der Waals surface area (Å²) < 4.78 is 0. The van der Waals surface area contributed by atoms with E-state index in [1.54, 1.807) is 0 Å². The first-order valence-corrected chi connectivity index (χ1v) is 12.1. The maximum absolute atomic E-state index is 12.7. The number of amides is 1. The molecule has 0 spiro atoms. The minimum absolute atomic E-state index is 0.0815. The van der Waals surface area contributed by atoms with Crippen LogP contribution in [0.2, 0.25) is 0 Å². The summed E-state index contributed by atoms with van der Waals surface area (Å²) in [6, 6.07) is 10.8. The molecule has 1 aromatic heterocycles. The average Bonchev–Trinajstić information content (AvgIpc) is 2.84. The first kappa shape index (κ1) is 22.6. The molecule has 1 atom stereocenters. The lowest BCUT2D eigenvalue weighted by molar-refractivity contribution is -0.125. The maximum Gasteiger partial charge on any atom is 0.224 e. The molecule has 0 radical (unpaired) electrons. The molecule has 6 heteroatoms. The number of hydrogen-bond acceptors (Lipinski definition) is 5. The van der Waals surface area contributed by atoms with Gasteiger partial charge in [-0.1, -0.05) is 12.1 Å². The van der Waals surface area contributed by atoms with Gasteiger partial charge < -0.3 is 15.1 Å². The molecule has 172 valence electrons. The summed E-state index contributed by atoms with van der Waals surface area (Å²) in [7, 11) is 0. The monoisotopic (exact) mass is 435 g/mol. The van der Waals surface area contributed by atoms with E-state index in [2.05, 4.69) is 57.0 Å². The second-order valence-corrected chi connectivity index (χ2v) is 9.25. The fourth-order valence-electron chi connectivity index (χ4n) is 4.91. The van der Waals surface area contributed by atoms with Crippen LogP contribution in [0.15, 0.2) is 42.7 Å². The van der Waals surface area contributed by atoms with Gasteiger partial charge in [0.05, 0.1) is 5.92 Å². The molecule has 1 N–H and O–H groups in total. The van der Waals surface area contributed by atoms with Crippen LogP contribution in [0.5, 0.6) is 0 Å². The molecule has 2 fully saturated rings. The van der Waals surface area contributed by atoms with Crippen molar-refractivity contribution >= 4 is 17.3 Å². The van der Waals surface area contributed by atoms with Gasteiger partial charge in [-0.3, -0.25) is 14.7 Å². The van der Waals surface area contributed by atoms with Crippen molar-refractivity contribution in [1.82, 2.24) is 15.2 Å². The van der Waals surface area contributed by atoms with Gasteiger partial charge in [0.15, 0.2) is 0 Å². The summed E-state index contributed by atoms with van der Waals surface area (Å²) in [4.78, 5) is 24.2. The molecule has 1 unspecified atom stereocenters. The number of carbonyl (C=O) groups excluding carboxylic acids is 1. The second kappa shape index (κ2) is 10.8. The van der Waals surface area contributed by atoms with Crippen molar-refractivity contribution in [3.8, 4) is 0 Å². The molecule has 3 heterocycles. The fourth-order valence-corrected chi connectivity index (χ4v) is 4.91. The quantitative estimate of drug-likeness (QED) is 0.677. The highest BCUT2D eigenvalue weighted by atomic mass is 16.1. The summed E-state index contributed by atoms with van der Waals surface area (Å²) in [6.45, 7) is 12.3. The molecule has 6 nitrogen and oxygen atoms in total. The standard InChI is InChI=1S/C26H37N5O/c1-21-6-7-22(2)25(19-21)30-17-15-29(16-18-30)13-4-10-28-26(32)23-5-3-14-31(20-23)24-8-11-27-12-9-24/h6-9,11-12,19,23H,3-5,10,13-18,20H2,1-2H3,(H,28,32). The predicted octanol–water partition coefficient (Wildman–Crippen LogP) is 3.24. The Bertz CT molecular complexity index is 879. The normalized spacial score (nSPS) is 19.8. The van der Waals surface area contributed by atoms with E-state index in [-0.39, 0.29) is 11.8 Å². The summed E-state index contributed by atoms with van der Waals surface area (Å²) in [5, 5.41) is 3.20. The van der Waals surface area contributed by atoms with Crippen LogP contribution in [-0.4, -0.2) is 68.1 Å². The zero-order chi connectivity index (χ0) is 22.3. The van der Waals surface area contributed by atoms with E-state index in [0.29, 0.717) is 0 Å². The first-order chi connectivity index (χ1) is 15.6. The van der Waals surface area contributed by atoms with E-state index in [1.165, 1.54) is 16.8 Å². The van der Waals surface area contributed by atoms with Crippen LogP contribution in [0, 0.1) is 19.8 Å². The lowest BCUT2D eigenvalue weighted by atomic mass is 9.96. The minimum atomic E-state index is 0.0815. The Morgan fingerprint density at radius 2 is 1.81 bits per heavy atom. The number of anilines is 2. The zero-order valence-corrected chi connectivity index (χ0v) is 19.6. The summed E-state index contributed by atoms with van der Waals surface area (Å²) in [5.41, 5.74) is 5.23. The van der Waals surface area contributed by atoms with Gasteiger partial charge in [0, 0.05) is 69.6 Å². The zero-order valence-electron chi connectivity index (χ0n) is 19.6. The van der Waals surface area contributed by atoms with E-state index in [4.69, 9.17) is 0 Å². The highest BCUT2D eigenvalue weighted by Gasteiger charge is 2.26. The van der Waals surface area contributed by atoms with Crippen molar-refractivity contribution in [2.45, 2.75) is 33.1 Å². The Hall–Kier alpha value is -2.60. The van der Waals surface area contributed by atoms with Gasteiger partial charge in [0.25, 0.3) is 0 Å². The Balaban J connectivity index is 1.15. The van der Waals surface area contributed by atoms with Crippen molar-refractivity contribution < 1.29 is 4.79 Å². The van der Waals surface area contributed by atoms with E-state index in [1.807, 2.05) is 24.5 Å². The molecule has 2 aliphatic heterocycles. The number of nitrogens with zero attached hydrogens (tertiary/aromatic N) is 4. The topological polar surface area (TPSA) is 51.7 Å². The van der Waals surface area contributed by atoms with E-state index in [0.717, 1.165) is 77.3 Å². The number of piperidine rings is 1. The van der Waals surface area contributed by atoms with E-state index < -0.39 is 0 Å². The van der Waals surface area contributed by atoms with Gasteiger partial charge in [-0.25, -0.2) is 0 Å². The van der Waals surface area contributed by atoms with E-state index in [9.17, 15) is 4.79 Å². The fraction of sp³-hybridized carbons (Fsp3) is 0.538. The smallest absolute Gasteiger partial charge is 0.224 e. The third-order valence-electron chi connectivity index (χ3n) is 6.85. The van der Waals surface area contributed by atoms with Crippen molar-refractivity contribution in [2.75, 3.05) is 62.2 Å². The highest BCUT2D eigenvalue weighted by Crippen LogP contribution is 2.24. The Labute approximate surface area is 192 Å². The van der Waals surface area contributed by atoms with Crippen LogP contribution in [0.25, 0.3) is 0 Å². The highest BCUT2D eigenvalue weighted by molar-refractivity contribution is 5.79. The lowest BCUT2D eigenvalue weighted by Gasteiger charge is -2.37. The second-order valence-electron chi connectivity index (χ2n) is 9.25. The van der Waals surface area contributed by atoms with Gasteiger partial charge in [-0.2, -0.15) is 0 Å². The summed E-state index contributed by atoms with van der Waals surface area (Å²) >= 11 is 0. The third kappa shape index (κ3) is 5.80. The molecule has 1 aromatic carbocycles. The molecular weight excluding hydrogens is 398 g/mol. The van der Waals surface area contributed by atoms with Crippen LogP contribution in [0.3, 0.4) is 0 Å². The Morgan fingerprint density at radius 3 is 2.59 bits per heavy atom.